The first-order valence-electron chi connectivity index (χ1n) is 11.9. The van der Waals surface area contributed by atoms with Gasteiger partial charge in [-0.3, -0.25) is 9.88 Å². The number of rotatable bonds is 6. The second-order valence-electron chi connectivity index (χ2n) is 9.02. The largest absolute Gasteiger partial charge is 0.340 e. The van der Waals surface area contributed by atoms with Gasteiger partial charge < -0.3 is 20.5 Å². The number of nitrogens with one attached hydrogen (secondary N) is 3. The van der Waals surface area contributed by atoms with Crippen LogP contribution in [0.2, 0.25) is 0 Å². The van der Waals surface area contributed by atoms with E-state index in [1.165, 1.54) is 11.2 Å². The molecule has 1 aromatic carbocycles. The van der Waals surface area contributed by atoms with Gasteiger partial charge in [-0.05, 0) is 43.4 Å². The third-order valence-corrected chi connectivity index (χ3v) is 6.25. The van der Waals surface area contributed by atoms with Crippen molar-refractivity contribution in [3.8, 4) is 0 Å². The maximum Gasteiger partial charge on any atom is 0.328 e. The molecule has 0 bridgehead atoms. The number of hydrogen-bond acceptors (Lipinski definition) is 6. The van der Waals surface area contributed by atoms with Gasteiger partial charge >= 0.3 is 12.1 Å². The lowest BCUT2D eigenvalue weighted by molar-refractivity contribution is 0.193. The normalized spacial score (nSPS) is 14.1. The van der Waals surface area contributed by atoms with Crippen LogP contribution in [-0.4, -0.2) is 69.3 Å². The van der Waals surface area contributed by atoms with Crippen molar-refractivity contribution in [3.05, 3.63) is 42.9 Å². The zero-order valence-corrected chi connectivity index (χ0v) is 20.4. The Bertz CT molecular complexity index is 1230. The van der Waals surface area contributed by atoms with Crippen LogP contribution in [-0.2, 0) is 0 Å². The van der Waals surface area contributed by atoms with Gasteiger partial charge in [0.15, 0.2) is 0 Å². The molecule has 1 saturated heterocycles. The molecule has 4 rings (SSSR count). The van der Waals surface area contributed by atoms with E-state index in [4.69, 9.17) is 5.41 Å². The smallest absolute Gasteiger partial charge is 0.328 e. The van der Waals surface area contributed by atoms with Crippen LogP contribution in [0.25, 0.3) is 10.9 Å². The summed E-state index contributed by atoms with van der Waals surface area (Å²) in [6.45, 7) is 3.35. The van der Waals surface area contributed by atoms with Gasteiger partial charge in [0.1, 0.15) is 18.0 Å². The van der Waals surface area contributed by atoms with E-state index in [9.17, 15) is 9.59 Å². The van der Waals surface area contributed by atoms with Crippen LogP contribution in [0.5, 0.6) is 0 Å². The molecule has 0 aliphatic carbocycles. The SMILES string of the molecule is CCCC(=N)C1CCN(C(=O)Nc2cc(Nc3ccc4ccn(C(=O)N(C)C)c4c3)ncn2)CC1. The molecular weight excluding hydrogens is 444 g/mol. The van der Waals surface area contributed by atoms with Crippen molar-refractivity contribution >= 4 is 46.0 Å². The van der Waals surface area contributed by atoms with Crippen molar-refractivity contribution in [2.75, 3.05) is 37.8 Å². The van der Waals surface area contributed by atoms with E-state index in [1.807, 2.05) is 24.3 Å². The summed E-state index contributed by atoms with van der Waals surface area (Å²) >= 11 is 0. The Morgan fingerprint density at radius 2 is 1.86 bits per heavy atom. The highest BCUT2D eigenvalue weighted by atomic mass is 16.2. The van der Waals surface area contributed by atoms with Gasteiger partial charge in [-0.15, -0.1) is 0 Å². The molecule has 2 aromatic heterocycles. The first-order valence-corrected chi connectivity index (χ1v) is 11.9. The molecule has 35 heavy (non-hydrogen) atoms. The summed E-state index contributed by atoms with van der Waals surface area (Å²) in [5, 5.41) is 15.2. The fraction of sp³-hybridized carbons (Fsp3) is 0.400. The van der Waals surface area contributed by atoms with E-state index < -0.39 is 0 Å². The number of aromatic nitrogens is 3. The monoisotopic (exact) mass is 476 g/mol. The van der Waals surface area contributed by atoms with Crippen LogP contribution in [0.4, 0.5) is 26.9 Å². The van der Waals surface area contributed by atoms with Crippen LogP contribution < -0.4 is 10.6 Å². The Labute approximate surface area is 204 Å². The van der Waals surface area contributed by atoms with Gasteiger partial charge in [0.2, 0.25) is 0 Å². The minimum atomic E-state index is -0.198. The predicted molar refractivity (Wildman–Crippen MR) is 138 cm³/mol. The average Bonchev–Trinajstić information content (AvgIpc) is 3.27. The number of nitrogens with zero attached hydrogens (tertiary/aromatic N) is 5. The molecular formula is C25H32N8O2. The van der Waals surface area contributed by atoms with Crippen molar-refractivity contribution < 1.29 is 9.59 Å². The fourth-order valence-corrected chi connectivity index (χ4v) is 4.32. The zero-order chi connectivity index (χ0) is 24.9. The topological polar surface area (TPSA) is 119 Å². The number of carbonyl (C=O) groups excluding carboxylic acids is 2. The second kappa shape index (κ2) is 10.5. The minimum absolute atomic E-state index is 0.129. The van der Waals surface area contributed by atoms with Gasteiger partial charge in [0.05, 0.1) is 5.52 Å². The first-order chi connectivity index (χ1) is 16.9. The van der Waals surface area contributed by atoms with E-state index in [-0.39, 0.29) is 18.0 Å². The van der Waals surface area contributed by atoms with Crippen molar-refractivity contribution in [2.45, 2.75) is 32.6 Å². The highest BCUT2D eigenvalue weighted by Crippen LogP contribution is 2.24. The molecule has 1 fully saturated rings. The summed E-state index contributed by atoms with van der Waals surface area (Å²) in [5.41, 5.74) is 2.35. The standard InChI is InChI=1S/C25H32N8O2/c1-4-5-20(26)17-8-11-32(12-9-17)24(34)30-23-15-22(27-16-28-23)29-19-7-6-18-10-13-33(21(18)14-19)25(35)31(2)3/h6-7,10,13-17,26H,4-5,8-9,11-12H2,1-3H3,(H2,27,28,29,30,34). The molecule has 10 nitrogen and oxygen atoms in total. The lowest BCUT2D eigenvalue weighted by Gasteiger charge is -2.32. The lowest BCUT2D eigenvalue weighted by Crippen LogP contribution is -2.42. The number of urea groups is 1. The van der Waals surface area contributed by atoms with Gasteiger partial charge in [0, 0.05) is 56.2 Å². The van der Waals surface area contributed by atoms with Gasteiger partial charge in [-0.1, -0.05) is 19.4 Å². The van der Waals surface area contributed by atoms with Crippen molar-refractivity contribution in [1.82, 2.24) is 24.3 Å². The van der Waals surface area contributed by atoms with Crippen molar-refractivity contribution in [1.29, 1.82) is 5.41 Å². The first kappa shape index (κ1) is 24.2. The van der Waals surface area contributed by atoms with Crippen LogP contribution in [0, 0.1) is 11.3 Å². The van der Waals surface area contributed by atoms with E-state index in [2.05, 4.69) is 27.5 Å². The fourth-order valence-electron chi connectivity index (χ4n) is 4.32. The molecule has 0 spiro atoms. The molecule has 10 heteroatoms. The summed E-state index contributed by atoms with van der Waals surface area (Å²) in [6.07, 6.45) is 6.61. The summed E-state index contributed by atoms with van der Waals surface area (Å²) in [5.74, 6) is 1.21. The Balaban J connectivity index is 1.40. The van der Waals surface area contributed by atoms with Crippen LogP contribution >= 0.6 is 0 Å². The number of likely N-dealkylation sites (tertiary alicyclic amines) is 1. The number of carbonyl (C=O) groups is 2. The van der Waals surface area contributed by atoms with Gasteiger partial charge in [0.25, 0.3) is 0 Å². The maximum atomic E-state index is 12.8. The summed E-state index contributed by atoms with van der Waals surface area (Å²) < 4.78 is 1.60. The van der Waals surface area contributed by atoms with Gasteiger partial charge in [-0.2, -0.15) is 0 Å². The molecule has 0 unspecified atom stereocenters. The van der Waals surface area contributed by atoms with Crippen LogP contribution in [0.3, 0.4) is 0 Å². The Hall–Kier alpha value is -3.95. The molecule has 3 aromatic rings. The number of amides is 3. The Morgan fingerprint density at radius 3 is 2.57 bits per heavy atom. The second-order valence-corrected chi connectivity index (χ2v) is 9.02. The minimum Gasteiger partial charge on any atom is -0.340 e. The lowest BCUT2D eigenvalue weighted by atomic mass is 9.90. The molecule has 0 atom stereocenters. The van der Waals surface area contributed by atoms with Gasteiger partial charge in [-0.25, -0.2) is 19.6 Å². The Kier molecular flexibility index (Phi) is 7.28. The number of piperidine rings is 1. The maximum absolute atomic E-state index is 12.8. The highest BCUT2D eigenvalue weighted by Gasteiger charge is 2.25. The summed E-state index contributed by atoms with van der Waals surface area (Å²) in [4.78, 5) is 36.9. The molecule has 0 radical (unpaired) electrons. The van der Waals surface area contributed by atoms with E-state index in [0.717, 1.165) is 48.0 Å². The van der Waals surface area contributed by atoms with Crippen LogP contribution in [0.15, 0.2) is 42.9 Å². The molecule has 1 aliphatic rings. The molecule has 0 saturated carbocycles. The zero-order valence-electron chi connectivity index (χ0n) is 20.4. The molecule has 184 valence electrons. The third kappa shape index (κ3) is 5.59. The third-order valence-electron chi connectivity index (χ3n) is 6.25. The summed E-state index contributed by atoms with van der Waals surface area (Å²) in [6, 6.07) is 8.98. The molecule has 1 aliphatic heterocycles. The molecule has 3 heterocycles. The summed E-state index contributed by atoms with van der Waals surface area (Å²) in [7, 11) is 3.43. The molecule has 3 amide bonds. The number of benzene rings is 1. The van der Waals surface area contributed by atoms with E-state index in [0.29, 0.717) is 24.7 Å². The van der Waals surface area contributed by atoms with Crippen molar-refractivity contribution in [2.24, 2.45) is 5.92 Å². The number of anilines is 3. The quantitative estimate of drug-likeness (QED) is 0.443. The van der Waals surface area contributed by atoms with Crippen LogP contribution in [0.1, 0.15) is 32.6 Å². The average molecular weight is 477 g/mol. The number of fused-ring (bicyclic) bond motifs is 1. The predicted octanol–water partition coefficient (Wildman–Crippen LogP) is 4.77. The van der Waals surface area contributed by atoms with E-state index in [1.54, 1.807) is 35.8 Å². The highest BCUT2D eigenvalue weighted by molar-refractivity contribution is 5.93. The Morgan fingerprint density at radius 1 is 1.11 bits per heavy atom. The molecule has 3 N–H and O–H groups in total. The van der Waals surface area contributed by atoms with E-state index >= 15 is 0 Å². The number of hydrogen-bond donors (Lipinski definition) is 3. The van der Waals surface area contributed by atoms with Crippen molar-refractivity contribution in [3.63, 3.8) is 0 Å².